The van der Waals surface area contributed by atoms with Crippen LogP contribution in [0.4, 0.5) is 23.8 Å². The van der Waals surface area contributed by atoms with E-state index in [1.807, 2.05) is 20.8 Å². The van der Waals surface area contributed by atoms with Crippen molar-refractivity contribution in [2.45, 2.75) is 39.4 Å². The first-order chi connectivity index (χ1) is 15.9. The number of nitrogens with one attached hydrogen (secondary N) is 3. The third-order valence-corrected chi connectivity index (χ3v) is 5.18. The van der Waals surface area contributed by atoms with Gasteiger partial charge in [0.1, 0.15) is 10.8 Å². The summed E-state index contributed by atoms with van der Waals surface area (Å²) in [5.41, 5.74) is -0.0543. The fourth-order valence-electron chi connectivity index (χ4n) is 2.90. The molecular weight excluding hydrogens is 469 g/mol. The number of amides is 3. The van der Waals surface area contributed by atoms with Crippen molar-refractivity contribution in [1.82, 2.24) is 25.6 Å². The van der Waals surface area contributed by atoms with Crippen LogP contribution < -0.4 is 16.0 Å². The summed E-state index contributed by atoms with van der Waals surface area (Å²) in [6.45, 7) is 7.64. The van der Waals surface area contributed by atoms with E-state index in [1.165, 1.54) is 24.7 Å². The molecule has 0 unspecified atom stereocenters. The van der Waals surface area contributed by atoms with E-state index in [4.69, 9.17) is 0 Å². The van der Waals surface area contributed by atoms with E-state index in [2.05, 4.69) is 30.9 Å². The van der Waals surface area contributed by atoms with Crippen LogP contribution in [0, 0.1) is 0 Å². The van der Waals surface area contributed by atoms with Gasteiger partial charge in [-0.2, -0.15) is 13.2 Å². The van der Waals surface area contributed by atoms with Gasteiger partial charge in [-0.1, -0.05) is 0 Å². The van der Waals surface area contributed by atoms with Crippen molar-refractivity contribution in [3.8, 4) is 21.7 Å². The first kappa shape index (κ1) is 25.1. The average Bonchev–Trinajstić information content (AvgIpc) is 3.23. The maximum absolute atomic E-state index is 13.2. The summed E-state index contributed by atoms with van der Waals surface area (Å²) >= 11 is 0.808. The molecule has 3 aromatic heterocycles. The lowest BCUT2D eigenvalue weighted by Gasteiger charge is -2.20. The number of nitrogens with zero attached hydrogens (tertiary/aromatic N) is 3. The van der Waals surface area contributed by atoms with Crippen molar-refractivity contribution < 1.29 is 22.8 Å². The third kappa shape index (κ3) is 6.28. The molecule has 3 N–H and O–H groups in total. The minimum atomic E-state index is -4.60. The Morgan fingerprint density at radius 3 is 2.41 bits per heavy atom. The average molecular weight is 493 g/mol. The van der Waals surface area contributed by atoms with Crippen LogP contribution in [0.2, 0.25) is 0 Å². The Balaban J connectivity index is 2.08. The van der Waals surface area contributed by atoms with E-state index in [1.54, 1.807) is 13.0 Å². The largest absolute Gasteiger partial charge is 0.434 e. The zero-order valence-corrected chi connectivity index (χ0v) is 19.7. The second-order valence-corrected chi connectivity index (χ2v) is 9.16. The van der Waals surface area contributed by atoms with Crippen LogP contribution in [0.3, 0.4) is 0 Å². The highest BCUT2D eigenvalue weighted by molar-refractivity contribution is 7.13. The summed E-state index contributed by atoms with van der Waals surface area (Å²) in [4.78, 5) is 36.6. The fourth-order valence-corrected chi connectivity index (χ4v) is 3.76. The van der Waals surface area contributed by atoms with Crippen LogP contribution >= 0.6 is 11.3 Å². The number of aromatic nitrogens is 3. The molecule has 0 fully saturated rings. The summed E-state index contributed by atoms with van der Waals surface area (Å²) in [5.74, 6) is -0.220. The van der Waals surface area contributed by atoms with Gasteiger partial charge in [0.15, 0.2) is 5.69 Å². The maximum atomic E-state index is 13.2. The number of carbonyl (C=O) groups is 2. The number of alkyl halides is 3. The first-order valence-electron chi connectivity index (χ1n) is 10.2. The Bertz CT molecular complexity index is 1200. The third-order valence-electron chi connectivity index (χ3n) is 4.31. The molecule has 0 spiro atoms. The number of urea groups is 1. The van der Waals surface area contributed by atoms with E-state index < -0.39 is 23.4 Å². The van der Waals surface area contributed by atoms with Crippen molar-refractivity contribution in [3.05, 3.63) is 47.4 Å². The molecule has 8 nitrogen and oxygen atoms in total. The zero-order chi connectivity index (χ0) is 25.1. The number of pyridine rings is 2. The van der Waals surface area contributed by atoms with Gasteiger partial charge >= 0.3 is 12.2 Å². The van der Waals surface area contributed by atoms with Crippen LogP contribution in [0.5, 0.6) is 0 Å². The predicted molar refractivity (Wildman–Crippen MR) is 123 cm³/mol. The van der Waals surface area contributed by atoms with E-state index >= 15 is 0 Å². The molecule has 180 valence electrons. The molecule has 0 bridgehead atoms. The van der Waals surface area contributed by atoms with Gasteiger partial charge in [-0.3, -0.25) is 15.1 Å². The van der Waals surface area contributed by atoms with E-state index in [9.17, 15) is 22.8 Å². The van der Waals surface area contributed by atoms with Crippen molar-refractivity contribution >= 4 is 29.1 Å². The van der Waals surface area contributed by atoms with E-state index in [-0.39, 0.29) is 22.3 Å². The highest BCUT2D eigenvalue weighted by Crippen LogP contribution is 2.38. The highest BCUT2D eigenvalue weighted by atomic mass is 32.1. The number of hydrogen-bond acceptors (Lipinski definition) is 6. The lowest BCUT2D eigenvalue weighted by Crippen LogP contribution is -2.40. The second-order valence-electron chi connectivity index (χ2n) is 8.30. The SMILES string of the molecule is CCNC(=O)Nc1cc(-c2nc(C(F)(F)F)cs2)c(-c2cncc(C(=O)NC(C)(C)C)c2)cn1. The molecule has 34 heavy (non-hydrogen) atoms. The van der Waals surface area contributed by atoms with Crippen molar-refractivity contribution in [3.63, 3.8) is 0 Å². The monoisotopic (exact) mass is 492 g/mol. The molecule has 0 saturated heterocycles. The van der Waals surface area contributed by atoms with Crippen molar-refractivity contribution in [2.75, 3.05) is 11.9 Å². The number of hydrogen-bond donors (Lipinski definition) is 3. The highest BCUT2D eigenvalue weighted by Gasteiger charge is 2.34. The molecule has 3 aromatic rings. The fraction of sp³-hybridized carbons (Fsp3) is 0.318. The van der Waals surface area contributed by atoms with Crippen molar-refractivity contribution in [1.29, 1.82) is 0 Å². The van der Waals surface area contributed by atoms with Gasteiger partial charge < -0.3 is 10.6 Å². The Hall–Kier alpha value is -3.54. The topological polar surface area (TPSA) is 109 Å². The summed E-state index contributed by atoms with van der Waals surface area (Å²) in [7, 11) is 0. The quantitative estimate of drug-likeness (QED) is 0.467. The number of anilines is 1. The summed E-state index contributed by atoms with van der Waals surface area (Å²) in [6.07, 6.45) is -0.331. The smallest absolute Gasteiger partial charge is 0.347 e. The summed E-state index contributed by atoms with van der Waals surface area (Å²) in [6, 6.07) is 2.50. The molecule has 0 aliphatic carbocycles. The summed E-state index contributed by atoms with van der Waals surface area (Å²) in [5, 5.41) is 8.93. The molecule has 0 radical (unpaired) electrons. The molecule has 3 heterocycles. The van der Waals surface area contributed by atoms with Crippen LogP contribution in [-0.2, 0) is 6.18 Å². The van der Waals surface area contributed by atoms with Gasteiger partial charge in [-0.15, -0.1) is 11.3 Å². The molecule has 0 aromatic carbocycles. The van der Waals surface area contributed by atoms with Gasteiger partial charge in [0.25, 0.3) is 5.91 Å². The van der Waals surface area contributed by atoms with Crippen LogP contribution in [-0.4, -0.2) is 39.0 Å². The van der Waals surface area contributed by atoms with Crippen LogP contribution in [0.25, 0.3) is 21.7 Å². The van der Waals surface area contributed by atoms with E-state index in [0.717, 1.165) is 16.7 Å². The Kier molecular flexibility index (Phi) is 7.20. The minimum absolute atomic E-state index is 0.0771. The standard InChI is InChI=1S/C22H23F3N6O2S/c1-5-27-20(33)30-17-7-14(19-29-16(11-34-19)22(23,24)25)15(10-28-17)12-6-13(9-26-8-12)18(32)31-21(2,3)4/h6-11H,5H2,1-4H3,(H,31,32)(H2,27,28,30,33). The molecule has 0 aliphatic heterocycles. The Labute approximate surface area is 198 Å². The van der Waals surface area contributed by atoms with Crippen LogP contribution in [0.1, 0.15) is 43.7 Å². The van der Waals surface area contributed by atoms with Gasteiger partial charge in [-0.25, -0.2) is 14.8 Å². The van der Waals surface area contributed by atoms with Gasteiger partial charge in [0.2, 0.25) is 0 Å². The van der Waals surface area contributed by atoms with Gasteiger partial charge in [0.05, 0.1) is 5.56 Å². The Morgan fingerprint density at radius 2 is 1.79 bits per heavy atom. The normalized spacial score (nSPS) is 11.7. The molecule has 0 atom stereocenters. The Morgan fingerprint density at radius 1 is 1.06 bits per heavy atom. The minimum Gasteiger partial charge on any atom is -0.347 e. The molecule has 3 rings (SSSR count). The molecule has 12 heteroatoms. The zero-order valence-electron chi connectivity index (χ0n) is 18.9. The van der Waals surface area contributed by atoms with Gasteiger partial charge in [-0.05, 0) is 39.8 Å². The predicted octanol–water partition coefficient (Wildman–Crippen LogP) is 4.96. The van der Waals surface area contributed by atoms with Crippen molar-refractivity contribution in [2.24, 2.45) is 0 Å². The van der Waals surface area contributed by atoms with Crippen LogP contribution in [0.15, 0.2) is 36.1 Å². The van der Waals surface area contributed by atoms with Gasteiger partial charge in [0, 0.05) is 52.7 Å². The molecule has 3 amide bonds. The number of rotatable bonds is 5. The van der Waals surface area contributed by atoms with E-state index in [0.29, 0.717) is 23.2 Å². The summed E-state index contributed by atoms with van der Waals surface area (Å²) < 4.78 is 39.5. The number of thiazole rings is 1. The lowest BCUT2D eigenvalue weighted by molar-refractivity contribution is -0.140. The first-order valence-corrected chi connectivity index (χ1v) is 11.1. The lowest BCUT2D eigenvalue weighted by atomic mass is 10.0. The maximum Gasteiger partial charge on any atom is 0.434 e. The number of halogens is 3. The number of carbonyl (C=O) groups excluding carboxylic acids is 2. The second kappa shape index (κ2) is 9.75. The molecule has 0 aliphatic rings. The molecular formula is C22H23F3N6O2S. The molecule has 0 saturated carbocycles.